The van der Waals surface area contributed by atoms with E-state index in [4.69, 9.17) is 20.5 Å². The maximum Gasteiger partial charge on any atom is 0.216 e. The molecule has 0 spiro atoms. The lowest BCUT2D eigenvalue weighted by molar-refractivity contribution is 0.0330. The van der Waals surface area contributed by atoms with Crippen molar-refractivity contribution in [3.05, 3.63) is 22.1 Å². The fourth-order valence-electron chi connectivity index (χ4n) is 2.86. The number of thiophene rings is 1. The molecule has 4 heterocycles. The second-order valence-corrected chi connectivity index (χ2v) is 8.46. The normalized spacial score (nSPS) is 15.8. The van der Waals surface area contributed by atoms with E-state index < -0.39 is 0 Å². The molecule has 0 aliphatic carbocycles. The van der Waals surface area contributed by atoms with E-state index in [9.17, 15) is 0 Å². The maximum absolute atomic E-state index is 6.03. The van der Waals surface area contributed by atoms with Gasteiger partial charge in [0.1, 0.15) is 21.5 Å². The number of ether oxygens (including phenoxy) is 1. The molecule has 3 aromatic rings. The second kappa shape index (κ2) is 7.10. The van der Waals surface area contributed by atoms with Crippen LogP contribution in [0.25, 0.3) is 10.2 Å². The van der Waals surface area contributed by atoms with Crippen molar-refractivity contribution in [3.8, 4) is 0 Å². The summed E-state index contributed by atoms with van der Waals surface area (Å²) < 4.78 is 6.92. The molecule has 2 N–H and O–H groups in total. The van der Waals surface area contributed by atoms with E-state index in [-0.39, 0.29) is 0 Å². The molecule has 138 valence electrons. The Kier molecular flexibility index (Phi) is 4.82. The first-order chi connectivity index (χ1) is 12.5. The third-order valence-electron chi connectivity index (χ3n) is 4.53. The van der Waals surface area contributed by atoms with Crippen LogP contribution in [-0.2, 0) is 11.3 Å². The molecule has 3 aromatic heterocycles. The van der Waals surface area contributed by atoms with E-state index in [2.05, 4.69) is 28.9 Å². The van der Waals surface area contributed by atoms with Gasteiger partial charge in [-0.25, -0.2) is 14.6 Å². The fraction of sp³-hybridized carbons (Fsp3) is 0.500. The van der Waals surface area contributed by atoms with E-state index >= 15 is 0 Å². The van der Waals surface area contributed by atoms with Crippen molar-refractivity contribution in [2.75, 3.05) is 32.1 Å². The highest BCUT2D eigenvalue weighted by molar-refractivity contribution is 7.99. The average molecular weight is 392 g/mol. The van der Waals surface area contributed by atoms with Crippen LogP contribution in [0.4, 0.5) is 0 Å². The van der Waals surface area contributed by atoms with Gasteiger partial charge in [-0.3, -0.25) is 4.90 Å². The van der Waals surface area contributed by atoms with Crippen molar-refractivity contribution in [3.63, 3.8) is 0 Å². The van der Waals surface area contributed by atoms with Crippen molar-refractivity contribution < 1.29 is 4.74 Å². The Bertz CT molecular complexity index is 946. The van der Waals surface area contributed by atoms with Crippen molar-refractivity contribution in [1.82, 2.24) is 29.7 Å². The summed E-state index contributed by atoms with van der Waals surface area (Å²) in [7, 11) is 0. The molecular weight excluding hydrogens is 370 g/mol. The van der Waals surface area contributed by atoms with Crippen LogP contribution in [-0.4, -0.2) is 56.0 Å². The first kappa shape index (κ1) is 17.7. The van der Waals surface area contributed by atoms with Gasteiger partial charge in [0.25, 0.3) is 0 Å². The minimum atomic E-state index is 0.628. The van der Waals surface area contributed by atoms with Crippen LogP contribution in [0.3, 0.4) is 0 Å². The molecule has 0 amide bonds. The van der Waals surface area contributed by atoms with Gasteiger partial charge in [-0.15, -0.1) is 21.5 Å². The van der Waals surface area contributed by atoms with Crippen LogP contribution in [0.1, 0.15) is 22.1 Å². The fourth-order valence-corrected chi connectivity index (χ4v) is 4.97. The lowest BCUT2D eigenvalue weighted by atomic mass is 10.2. The molecule has 26 heavy (non-hydrogen) atoms. The molecule has 10 heteroatoms. The molecule has 0 bridgehead atoms. The van der Waals surface area contributed by atoms with Gasteiger partial charge >= 0.3 is 0 Å². The summed E-state index contributed by atoms with van der Waals surface area (Å²) in [6.07, 6.45) is 0. The highest BCUT2D eigenvalue weighted by Crippen LogP contribution is 2.37. The molecule has 0 unspecified atom stereocenters. The maximum atomic E-state index is 6.03. The molecule has 4 rings (SSSR count). The van der Waals surface area contributed by atoms with Gasteiger partial charge in [0.05, 0.1) is 19.8 Å². The molecule has 1 aliphatic rings. The number of nitrogens with zero attached hydrogens (tertiary/aromatic N) is 6. The number of hydrogen-bond donors (Lipinski definition) is 1. The summed E-state index contributed by atoms with van der Waals surface area (Å²) in [5.41, 5.74) is 1.21. The van der Waals surface area contributed by atoms with Gasteiger partial charge in [-0.2, -0.15) is 0 Å². The van der Waals surface area contributed by atoms with Crippen molar-refractivity contribution >= 4 is 33.3 Å². The topological polar surface area (TPSA) is 95.0 Å². The molecule has 0 saturated carbocycles. The standard InChI is InChI=1S/C16H21N7OS2/c1-9-10(2)25-14-13(9)15(26-16-21-20-11(3)23(16)17)19-12(18-14)8-22-4-6-24-7-5-22/h4-8,17H2,1-3H3. The Hall–Kier alpha value is -1.75. The number of hydrogen-bond acceptors (Lipinski definition) is 9. The Balaban J connectivity index is 1.74. The van der Waals surface area contributed by atoms with E-state index in [1.54, 1.807) is 11.3 Å². The second-order valence-electron chi connectivity index (χ2n) is 6.30. The highest BCUT2D eigenvalue weighted by atomic mass is 32.2. The number of morpholine rings is 1. The first-order valence-electron chi connectivity index (χ1n) is 8.44. The van der Waals surface area contributed by atoms with Crippen molar-refractivity contribution in [2.45, 2.75) is 37.5 Å². The molecule has 8 nitrogen and oxygen atoms in total. The number of nitrogens with two attached hydrogens (primary N) is 1. The number of rotatable bonds is 4. The van der Waals surface area contributed by atoms with Gasteiger partial charge < -0.3 is 10.6 Å². The Morgan fingerprint density at radius 1 is 1.15 bits per heavy atom. The SMILES string of the molecule is Cc1sc2nc(CN3CCOCC3)nc(Sc3nnc(C)n3N)c2c1C. The van der Waals surface area contributed by atoms with Crippen LogP contribution in [0.2, 0.25) is 0 Å². The largest absolute Gasteiger partial charge is 0.379 e. The van der Waals surface area contributed by atoms with E-state index in [0.717, 1.165) is 53.9 Å². The summed E-state index contributed by atoms with van der Waals surface area (Å²) in [4.78, 5) is 14.3. The zero-order valence-corrected chi connectivity index (χ0v) is 16.7. The lowest BCUT2D eigenvalue weighted by Gasteiger charge is -2.25. The van der Waals surface area contributed by atoms with Crippen molar-refractivity contribution in [2.24, 2.45) is 0 Å². The average Bonchev–Trinajstić information content (AvgIpc) is 3.09. The smallest absolute Gasteiger partial charge is 0.216 e. The third-order valence-corrected chi connectivity index (χ3v) is 6.58. The molecule has 1 saturated heterocycles. The van der Waals surface area contributed by atoms with Gasteiger partial charge in [0.15, 0.2) is 0 Å². The number of aromatic nitrogens is 5. The van der Waals surface area contributed by atoms with Crippen LogP contribution >= 0.6 is 23.1 Å². The zero-order chi connectivity index (χ0) is 18.3. The Labute approximate surface area is 159 Å². The molecular formula is C16H21N7OS2. The van der Waals surface area contributed by atoms with Gasteiger partial charge in [-0.05, 0) is 38.1 Å². The van der Waals surface area contributed by atoms with E-state index in [1.807, 2.05) is 6.92 Å². The minimum Gasteiger partial charge on any atom is -0.379 e. The molecule has 0 atom stereocenters. The molecule has 1 fully saturated rings. The molecule has 1 aliphatic heterocycles. The molecule has 0 radical (unpaired) electrons. The summed E-state index contributed by atoms with van der Waals surface area (Å²) in [6.45, 7) is 10.1. The predicted molar refractivity (Wildman–Crippen MR) is 102 cm³/mol. The minimum absolute atomic E-state index is 0.628. The predicted octanol–water partition coefficient (Wildman–Crippen LogP) is 1.91. The Morgan fingerprint density at radius 2 is 1.92 bits per heavy atom. The highest BCUT2D eigenvalue weighted by Gasteiger charge is 2.20. The van der Waals surface area contributed by atoms with E-state index in [1.165, 1.54) is 26.9 Å². The number of fused-ring (bicyclic) bond motifs is 1. The summed E-state index contributed by atoms with van der Waals surface area (Å²) >= 11 is 3.15. The zero-order valence-electron chi connectivity index (χ0n) is 15.0. The van der Waals surface area contributed by atoms with Crippen LogP contribution in [0, 0.1) is 20.8 Å². The summed E-state index contributed by atoms with van der Waals surface area (Å²) in [5, 5.41) is 10.8. The summed E-state index contributed by atoms with van der Waals surface area (Å²) in [5.74, 6) is 7.53. The van der Waals surface area contributed by atoms with E-state index in [0.29, 0.717) is 11.0 Å². The number of aryl methyl sites for hydroxylation is 3. The number of nitrogen functional groups attached to an aromatic ring is 1. The Morgan fingerprint density at radius 3 is 2.62 bits per heavy atom. The molecule has 0 aromatic carbocycles. The summed E-state index contributed by atoms with van der Waals surface area (Å²) in [6, 6.07) is 0. The third kappa shape index (κ3) is 3.29. The quantitative estimate of drug-likeness (QED) is 0.532. The van der Waals surface area contributed by atoms with Crippen molar-refractivity contribution in [1.29, 1.82) is 0 Å². The van der Waals surface area contributed by atoms with Gasteiger partial charge in [0.2, 0.25) is 5.16 Å². The van der Waals surface area contributed by atoms with Crippen LogP contribution < -0.4 is 5.84 Å². The lowest BCUT2D eigenvalue weighted by Crippen LogP contribution is -2.36. The first-order valence-corrected chi connectivity index (χ1v) is 10.1. The van der Waals surface area contributed by atoms with Crippen LogP contribution in [0.5, 0.6) is 0 Å². The van der Waals surface area contributed by atoms with Crippen LogP contribution in [0.15, 0.2) is 10.2 Å². The van der Waals surface area contributed by atoms with Gasteiger partial charge in [0, 0.05) is 23.4 Å². The van der Waals surface area contributed by atoms with Gasteiger partial charge in [-0.1, -0.05) is 0 Å². The monoisotopic (exact) mass is 391 g/mol.